The molecule has 0 bridgehead atoms. The summed E-state index contributed by atoms with van der Waals surface area (Å²) in [6, 6.07) is 5.30. The topological polar surface area (TPSA) is 98.7 Å². The molecule has 0 spiro atoms. The van der Waals surface area contributed by atoms with Gasteiger partial charge in [0, 0.05) is 17.1 Å². The second-order valence-corrected chi connectivity index (χ2v) is 8.20. The molecule has 1 N–H and O–H groups in total. The van der Waals surface area contributed by atoms with Gasteiger partial charge in [0.1, 0.15) is 0 Å². The van der Waals surface area contributed by atoms with Crippen molar-refractivity contribution in [3.8, 4) is 11.4 Å². The van der Waals surface area contributed by atoms with Gasteiger partial charge in [-0.25, -0.2) is 0 Å². The monoisotopic (exact) mass is 440 g/mol. The summed E-state index contributed by atoms with van der Waals surface area (Å²) in [6.45, 7) is 6.53. The number of carbonyl (C=O) groups excluding carboxylic acids is 1. The highest BCUT2D eigenvalue weighted by Gasteiger charge is 2.19. The van der Waals surface area contributed by atoms with Crippen LogP contribution in [0, 0.1) is 12.8 Å². The van der Waals surface area contributed by atoms with Gasteiger partial charge in [-0.3, -0.25) is 10.1 Å². The van der Waals surface area contributed by atoms with E-state index in [0.717, 1.165) is 5.56 Å². The highest BCUT2D eigenvalue weighted by Crippen LogP contribution is 2.32. The molecule has 2 heterocycles. The number of aromatic nitrogens is 5. The average molecular weight is 441 g/mol. The fourth-order valence-electron chi connectivity index (χ4n) is 2.43. The quantitative estimate of drug-likeness (QED) is 0.545. The van der Waals surface area contributed by atoms with Crippen molar-refractivity contribution < 1.29 is 9.32 Å². The number of hydrogen-bond donors (Lipinski definition) is 1. The fraction of sp³-hybridized carbons (Fsp3) is 0.353. The number of nitrogens with one attached hydrogen (secondary N) is 1. The van der Waals surface area contributed by atoms with Gasteiger partial charge in [0.25, 0.3) is 0 Å². The molecule has 2 aromatic heterocycles. The third-order valence-corrected chi connectivity index (χ3v) is 5.06. The van der Waals surface area contributed by atoms with E-state index >= 15 is 0 Å². The van der Waals surface area contributed by atoms with Gasteiger partial charge in [0.05, 0.1) is 10.8 Å². The van der Waals surface area contributed by atoms with Crippen LogP contribution in [0.5, 0.6) is 0 Å². The first-order valence-electron chi connectivity index (χ1n) is 8.45. The van der Waals surface area contributed by atoms with Crippen molar-refractivity contribution in [2.75, 3.05) is 11.1 Å². The summed E-state index contributed by atoms with van der Waals surface area (Å²) in [5, 5.41) is 16.4. The second kappa shape index (κ2) is 8.93. The molecule has 0 unspecified atom stereocenters. The molecule has 0 saturated heterocycles. The predicted octanol–water partition coefficient (Wildman–Crippen LogP) is 4.33. The number of benzene rings is 1. The summed E-state index contributed by atoms with van der Waals surface area (Å²) in [7, 11) is 0. The van der Waals surface area contributed by atoms with Crippen molar-refractivity contribution >= 4 is 46.9 Å². The number of rotatable bonds is 7. The standard InChI is InChI=1S/C17H18Cl2N6O2S/c1-9(2)7-25-15(12-5-4-11(18)6-13(12)19)22-23-17(25)28-8-14(26)21-16-20-10(3)24-27-16/h4-6,9H,7-8H2,1-3H3,(H,20,21,24,26). The van der Waals surface area contributed by atoms with E-state index in [1.54, 1.807) is 19.1 Å². The van der Waals surface area contributed by atoms with Crippen LogP contribution in [0.3, 0.4) is 0 Å². The van der Waals surface area contributed by atoms with Crippen molar-refractivity contribution in [1.82, 2.24) is 24.9 Å². The van der Waals surface area contributed by atoms with Gasteiger partial charge in [-0.15, -0.1) is 10.2 Å². The second-order valence-electron chi connectivity index (χ2n) is 6.42. The van der Waals surface area contributed by atoms with Gasteiger partial charge in [-0.05, 0) is 31.0 Å². The van der Waals surface area contributed by atoms with Crippen molar-refractivity contribution in [2.24, 2.45) is 5.92 Å². The van der Waals surface area contributed by atoms with Gasteiger partial charge >= 0.3 is 6.01 Å². The Hall–Kier alpha value is -2.10. The van der Waals surface area contributed by atoms with E-state index in [1.807, 2.05) is 10.6 Å². The van der Waals surface area contributed by atoms with E-state index in [0.29, 0.717) is 39.3 Å². The molecule has 0 aliphatic carbocycles. The minimum atomic E-state index is -0.279. The molecule has 0 atom stereocenters. The highest BCUT2D eigenvalue weighted by atomic mass is 35.5. The number of thioether (sulfide) groups is 1. The average Bonchev–Trinajstić information content (AvgIpc) is 3.19. The van der Waals surface area contributed by atoms with E-state index in [-0.39, 0.29) is 17.7 Å². The third kappa shape index (κ3) is 5.03. The van der Waals surface area contributed by atoms with Crippen LogP contribution in [-0.4, -0.2) is 36.6 Å². The van der Waals surface area contributed by atoms with Crippen LogP contribution in [0.15, 0.2) is 27.9 Å². The first kappa shape index (κ1) is 20.6. The highest BCUT2D eigenvalue weighted by molar-refractivity contribution is 7.99. The first-order valence-corrected chi connectivity index (χ1v) is 10.2. The van der Waals surface area contributed by atoms with Crippen LogP contribution in [0.2, 0.25) is 10.0 Å². The molecular weight excluding hydrogens is 423 g/mol. The molecular formula is C17H18Cl2N6O2S. The van der Waals surface area contributed by atoms with Crippen molar-refractivity contribution in [3.05, 3.63) is 34.1 Å². The molecule has 0 saturated carbocycles. The Kier molecular flexibility index (Phi) is 6.58. The maximum absolute atomic E-state index is 12.1. The summed E-state index contributed by atoms with van der Waals surface area (Å²) in [4.78, 5) is 16.1. The minimum absolute atomic E-state index is 0.0698. The van der Waals surface area contributed by atoms with Crippen molar-refractivity contribution in [2.45, 2.75) is 32.5 Å². The summed E-state index contributed by atoms with van der Waals surface area (Å²) < 4.78 is 6.84. The number of anilines is 1. The van der Waals surface area contributed by atoms with Gasteiger partial charge < -0.3 is 9.09 Å². The maximum atomic E-state index is 12.1. The molecule has 0 radical (unpaired) electrons. The summed E-state index contributed by atoms with van der Waals surface area (Å²) >= 11 is 13.6. The van der Waals surface area contributed by atoms with E-state index in [1.165, 1.54) is 11.8 Å². The summed E-state index contributed by atoms with van der Waals surface area (Å²) in [6.07, 6.45) is 0. The lowest BCUT2D eigenvalue weighted by atomic mass is 10.2. The van der Waals surface area contributed by atoms with Gasteiger partial charge in [-0.1, -0.05) is 54.0 Å². The van der Waals surface area contributed by atoms with Crippen LogP contribution >= 0.6 is 35.0 Å². The van der Waals surface area contributed by atoms with Crippen LogP contribution in [-0.2, 0) is 11.3 Å². The zero-order valence-electron chi connectivity index (χ0n) is 15.4. The number of aryl methyl sites for hydroxylation is 1. The lowest BCUT2D eigenvalue weighted by Gasteiger charge is -2.13. The van der Waals surface area contributed by atoms with Crippen molar-refractivity contribution in [3.63, 3.8) is 0 Å². The van der Waals surface area contributed by atoms with Crippen LogP contribution in [0.4, 0.5) is 6.01 Å². The minimum Gasteiger partial charge on any atom is -0.315 e. The number of nitrogens with zero attached hydrogens (tertiary/aromatic N) is 5. The Bertz CT molecular complexity index is 988. The molecule has 11 heteroatoms. The zero-order chi connectivity index (χ0) is 20.3. The molecule has 0 fully saturated rings. The molecule has 148 valence electrons. The number of amides is 1. The summed E-state index contributed by atoms with van der Waals surface area (Å²) in [5.74, 6) is 1.26. The van der Waals surface area contributed by atoms with Crippen LogP contribution in [0.1, 0.15) is 19.7 Å². The Morgan fingerprint density at radius 2 is 2.11 bits per heavy atom. The Balaban J connectivity index is 1.79. The lowest BCUT2D eigenvalue weighted by Crippen LogP contribution is -2.15. The van der Waals surface area contributed by atoms with E-state index in [9.17, 15) is 4.79 Å². The van der Waals surface area contributed by atoms with Gasteiger partial charge in [0.15, 0.2) is 16.8 Å². The normalized spacial score (nSPS) is 11.2. The molecule has 1 aromatic carbocycles. The van der Waals surface area contributed by atoms with E-state index < -0.39 is 0 Å². The smallest absolute Gasteiger partial charge is 0.315 e. The largest absolute Gasteiger partial charge is 0.328 e. The van der Waals surface area contributed by atoms with Gasteiger partial charge in [-0.2, -0.15) is 4.98 Å². The van der Waals surface area contributed by atoms with Gasteiger partial charge in [0.2, 0.25) is 5.91 Å². The maximum Gasteiger partial charge on any atom is 0.328 e. The molecule has 28 heavy (non-hydrogen) atoms. The van der Waals surface area contributed by atoms with E-state index in [2.05, 4.69) is 39.5 Å². The fourth-order valence-corrected chi connectivity index (χ4v) is 3.67. The number of carbonyl (C=O) groups is 1. The zero-order valence-corrected chi connectivity index (χ0v) is 17.8. The van der Waals surface area contributed by atoms with Crippen LogP contribution < -0.4 is 5.32 Å². The SMILES string of the molecule is Cc1noc(NC(=O)CSc2nnc(-c3ccc(Cl)cc3Cl)n2CC(C)C)n1. The van der Waals surface area contributed by atoms with Crippen molar-refractivity contribution in [1.29, 1.82) is 0 Å². The molecule has 1 amide bonds. The molecule has 0 aliphatic rings. The summed E-state index contributed by atoms with van der Waals surface area (Å²) in [5.41, 5.74) is 0.733. The molecule has 3 aromatic rings. The Morgan fingerprint density at radius 1 is 1.32 bits per heavy atom. The first-order chi connectivity index (χ1) is 13.3. The Labute approximate surface area is 176 Å². The number of hydrogen-bond acceptors (Lipinski definition) is 7. The molecule has 8 nitrogen and oxygen atoms in total. The predicted molar refractivity (Wildman–Crippen MR) is 109 cm³/mol. The third-order valence-electron chi connectivity index (χ3n) is 3.54. The van der Waals surface area contributed by atoms with E-state index in [4.69, 9.17) is 27.7 Å². The molecule has 0 aliphatic heterocycles. The number of halogens is 2. The van der Waals surface area contributed by atoms with Crippen LogP contribution in [0.25, 0.3) is 11.4 Å². The lowest BCUT2D eigenvalue weighted by molar-refractivity contribution is -0.114. The Morgan fingerprint density at radius 3 is 2.75 bits per heavy atom. The molecule has 3 rings (SSSR count).